The van der Waals surface area contributed by atoms with Crippen molar-refractivity contribution in [2.75, 3.05) is 7.05 Å². The predicted octanol–water partition coefficient (Wildman–Crippen LogP) is 3.43. The van der Waals surface area contributed by atoms with Crippen LogP contribution in [0.25, 0.3) is 10.9 Å². The molecule has 0 radical (unpaired) electrons. The Kier molecular flexibility index (Phi) is 4.27. The smallest absolute Gasteiger partial charge is 0.242 e. The zero-order valence-corrected chi connectivity index (χ0v) is 13.1. The lowest BCUT2D eigenvalue weighted by Gasteiger charge is -2.31. The SMILES string of the molecule is CN(C(=O)Cn1ccc2c(C=N)cccc21)C1CCCCC1. The summed E-state index contributed by atoms with van der Waals surface area (Å²) in [6.45, 7) is 0.373. The minimum Gasteiger partial charge on any atom is -0.341 e. The van der Waals surface area contributed by atoms with Gasteiger partial charge in [-0.25, -0.2) is 0 Å². The van der Waals surface area contributed by atoms with Gasteiger partial charge in [-0.2, -0.15) is 0 Å². The summed E-state index contributed by atoms with van der Waals surface area (Å²) < 4.78 is 1.99. The molecule has 116 valence electrons. The van der Waals surface area contributed by atoms with Crippen LogP contribution in [0.3, 0.4) is 0 Å². The lowest BCUT2D eigenvalue weighted by atomic mass is 9.94. The zero-order valence-electron chi connectivity index (χ0n) is 13.1. The molecule has 4 heteroatoms. The summed E-state index contributed by atoms with van der Waals surface area (Å²) in [5, 5.41) is 8.50. The molecule has 1 heterocycles. The van der Waals surface area contributed by atoms with E-state index in [0.717, 1.165) is 29.3 Å². The van der Waals surface area contributed by atoms with Crippen molar-refractivity contribution >= 4 is 23.0 Å². The summed E-state index contributed by atoms with van der Waals surface area (Å²) in [4.78, 5) is 14.5. The van der Waals surface area contributed by atoms with Crippen molar-refractivity contribution in [3.63, 3.8) is 0 Å². The lowest BCUT2D eigenvalue weighted by Crippen LogP contribution is -2.40. The monoisotopic (exact) mass is 297 g/mol. The first-order valence-corrected chi connectivity index (χ1v) is 8.04. The van der Waals surface area contributed by atoms with E-state index in [1.54, 1.807) is 0 Å². The molecule has 1 saturated carbocycles. The van der Waals surface area contributed by atoms with Gasteiger partial charge in [0.1, 0.15) is 6.54 Å². The molecule has 0 aliphatic heterocycles. The maximum atomic E-state index is 12.6. The van der Waals surface area contributed by atoms with Gasteiger partial charge in [-0.05, 0) is 25.0 Å². The van der Waals surface area contributed by atoms with E-state index in [9.17, 15) is 4.79 Å². The number of hydrogen-bond donors (Lipinski definition) is 1. The summed E-state index contributed by atoms with van der Waals surface area (Å²) in [5.74, 6) is 0.171. The minimum atomic E-state index is 0.171. The fourth-order valence-electron chi connectivity index (χ4n) is 3.44. The molecular weight excluding hydrogens is 274 g/mol. The van der Waals surface area contributed by atoms with E-state index in [0.29, 0.717) is 12.6 Å². The summed E-state index contributed by atoms with van der Waals surface area (Å²) in [6.07, 6.45) is 9.34. The highest BCUT2D eigenvalue weighted by Crippen LogP contribution is 2.23. The molecular formula is C18H23N3O. The molecule has 1 aromatic heterocycles. The van der Waals surface area contributed by atoms with Crippen LogP contribution in [0.4, 0.5) is 0 Å². The first kappa shape index (κ1) is 14.8. The van der Waals surface area contributed by atoms with Crippen LogP contribution < -0.4 is 0 Å². The number of rotatable bonds is 4. The highest BCUT2D eigenvalue weighted by Gasteiger charge is 2.22. The van der Waals surface area contributed by atoms with Gasteiger partial charge in [0.2, 0.25) is 5.91 Å². The van der Waals surface area contributed by atoms with Crippen LogP contribution in [0.2, 0.25) is 0 Å². The van der Waals surface area contributed by atoms with E-state index in [1.165, 1.54) is 25.5 Å². The molecule has 0 saturated heterocycles. The first-order chi connectivity index (χ1) is 10.7. The number of aromatic nitrogens is 1. The molecule has 0 bridgehead atoms. The molecule has 1 amide bonds. The average molecular weight is 297 g/mol. The number of nitrogens with zero attached hydrogens (tertiary/aromatic N) is 2. The third kappa shape index (κ3) is 2.78. The van der Waals surface area contributed by atoms with Crippen molar-refractivity contribution < 1.29 is 4.79 Å². The van der Waals surface area contributed by atoms with Crippen LogP contribution in [-0.2, 0) is 11.3 Å². The summed E-state index contributed by atoms with van der Waals surface area (Å²) in [5.41, 5.74) is 1.91. The second-order valence-corrected chi connectivity index (χ2v) is 6.16. The van der Waals surface area contributed by atoms with Gasteiger partial charge in [0.15, 0.2) is 0 Å². The second kappa shape index (κ2) is 6.34. The molecule has 4 nitrogen and oxygen atoms in total. The third-order valence-corrected chi connectivity index (χ3v) is 4.82. The van der Waals surface area contributed by atoms with Gasteiger partial charge < -0.3 is 14.9 Å². The molecule has 0 spiro atoms. The van der Waals surface area contributed by atoms with Crippen molar-refractivity contribution in [3.8, 4) is 0 Å². The molecule has 0 atom stereocenters. The second-order valence-electron chi connectivity index (χ2n) is 6.16. The maximum absolute atomic E-state index is 12.6. The molecule has 2 aromatic rings. The van der Waals surface area contributed by atoms with E-state index in [-0.39, 0.29) is 5.91 Å². The number of carbonyl (C=O) groups excluding carboxylic acids is 1. The number of likely N-dealkylation sites (N-methyl/N-ethyl adjacent to an activating group) is 1. The molecule has 1 aliphatic rings. The fraction of sp³-hybridized carbons (Fsp3) is 0.444. The molecule has 3 rings (SSSR count). The Morgan fingerprint density at radius 1 is 1.32 bits per heavy atom. The van der Waals surface area contributed by atoms with E-state index >= 15 is 0 Å². The van der Waals surface area contributed by atoms with E-state index in [2.05, 4.69) is 0 Å². The van der Waals surface area contributed by atoms with Crippen molar-refractivity contribution in [2.45, 2.75) is 44.7 Å². The van der Waals surface area contributed by atoms with Gasteiger partial charge in [-0.3, -0.25) is 4.79 Å². The molecule has 1 aliphatic carbocycles. The Morgan fingerprint density at radius 3 is 2.82 bits per heavy atom. The van der Waals surface area contributed by atoms with Crippen LogP contribution in [0.1, 0.15) is 37.7 Å². The fourth-order valence-corrected chi connectivity index (χ4v) is 3.44. The topological polar surface area (TPSA) is 49.1 Å². The molecule has 0 unspecified atom stereocenters. The van der Waals surface area contributed by atoms with Gasteiger partial charge in [0.05, 0.1) is 0 Å². The number of hydrogen-bond acceptors (Lipinski definition) is 2. The van der Waals surface area contributed by atoms with Crippen LogP contribution >= 0.6 is 0 Å². The minimum absolute atomic E-state index is 0.171. The van der Waals surface area contributed by atoms with Crippen molar-refractivity contribution in [1.29, 1.82) is 5.41 Å². The quantitative estimate of drug-likeness (QED) is 0.864. The molecule has 1 aromatic carbocycles. The zero-order chi connectivity index (χ0) is 15.5. The first-order valence-electron chi connectivity index (χ1n) is 8.04. The Morgan fingerprint density at radius 2 is 2.09 bits per heavy atom. The van der Waals surface area contributed by atoms with Crippen molar-refractivity contribution in [1.82, 2.24) is 9.47 Å². The Bertz CT molecular complexity index is 683. The van der Waals surface area contributed by atoms with Gasteiger partial charge in [0.25, 0.3) is 0 Å². The number of fused-ring (bicyclic) bond motifs is 1. The van der Waals surface area contributed by atoms with E-state index in [1.807, 2.05) is 47.0 Å². The largest absolute Gasteiger partial charge is 0.341 e. The Hall–Kier alpha value is -2.10. The van der Waals surface area contributed by atoms with Crippen LogP contribution in [0.5, 0.6) is 0 Å². The summed E-state index contributed by atoms with van der Waals surface area (Å²) in [6, 6.07) is 8.27. The normalized spacial score (nSPS) is 15.9. The third-order valence-electron chi connectivity index (χ3n) is 4.82. The standard InChI is InChI=1S/C18H23N3O/c1-20(15-7-3-2-4-8-15)18(22)13-21-11-10-16-14(12-19)6-5-9-17(16)21/h5-6,9-12,15,19H,2-4,7-8,13H2,1H3. The number of benzene rings is 1. The number of carbonyl (C=O) groups is 1. The highest BCUT2D eigenvalue weighted by atomic mass is 16.2. The number of nitrogens with one attached hydrogen (secondary N) is 1. The predicted molar refractivity (Wildman–Crippen MR) is 89.5 cm³/mol. The maximum Gasteiger partial charge on any atom is 0.242 e. The highest BCUT2D eigenvalue weighted by molar-refractivity contribution is 5.98. The lowest BCUT2D eigenvalue weighted by molar-refractivity contribution is -0.133. The van der Waals surface area contributed by atoms with Crippen LogP contribution in [0, 0.1) is 5.41 Å². The van der Waals surface area contributed by atoms with E-state index < -0.39 is 0 Å². The molecule has 1 fully saturated rings. The van der Waals surface area contributed by atoms with Crippen molar-refractivity contribution in [3.05, 3.63) is 36.0 Å². The molecule has 1 N–H and O–H groups in total. The van der Waals surface area contributed by atoms with Crippen LogP contribution in [0.15, 0.2) is 30.5 Å². The summed E-state index contributed by atoms with van der Waals surface area (Å²) >= 11 is 0. The Balaban J connectivity index is 1.77. The summed E-state index contributed by atoms with van der Waals surface area (Å²) in [7, 11) is 1.94. The van der Waals surface area contributed by atoms with Gasteiger partial charge >= 0.3 is 0 Å². The number of amides is 1. The average Bonchev–Trinajstić information content (AvgIpc) is 2.98. The molecule has 22 heavy (non-hydrogen) atoms. The Labute approximate surface area is 131 Å². The van der Waals surface area contributed by atoms with Gasteiger partial charge in [-0.15, -0.1) is 0 Å². The van der Waals surface area contributed by atoms with Gasteiger partial charge in [0, 0.05) is 42.0 Å². The van der Waals surface area contributed by atoms with Crippen LogP contribution in [-0.4, -0.2) is 34.7 Å². The van der Waals surface area contributed by atoms with Crippen molar-refractivity contribution in [2.24, 2.45) is 0 Å². The van der Waals surface area contributed by atoms with Gasteiger partial charge in [-0.1, -0.05) is 31.4 Å². The van der Waals surface area contributed by atoms with E-state index in [4.69, 9.17) is 5.41 Å².